The largest absolute Gasteiger partial charge is 0.595 e. The van der Waals surface area contributed by atoms with E-state index in [1.807, 2.05) is 42.5 Å². The van der Waals surface area contributed by atoms with Gasteiger partial charge in [-0.2, -0.15) is 5.23 Å². The van der Waals surface area contributed by atoms with Gasteiger partial charge in [-0.05, 0) is 34.9 Å². The molecule has 3 unspecified atom stereocenters. The zero-order chi connectivity index (χ0) is 25.0. The molecular formula is C27H23ClN4O4. The van der Waals surface area contributed by atoms with Gasteiger partial charge in [0.1, 0.15) is 12.6 Å². The topological polar surface area (TPSA) is 104 Å². The number of quaternary nitrogens is 1. The Bertz CT molecular complexity index is 1480. The van der Waals surface area contributed by atoms with E-state index in [2.05, 4.69) is 4.98 Å². The minimum absolute atomic E-state index is 0.0529. The highest BCUT2D eigenvalue weighted by molar-refractivity contribution is 6.30. The number of amides is 2. The van der Waals surface area contributed by atoms with Crippen LogP contribution in [0.3, 0.4) is 0 Å². The molecule has 6 rings (SSSR count). The lowest BCUT2D eigenvalue weighted by Crippen LogP contribution is -2.99. The minimum Gasteiger partial charge on any atom is -0.595 e. The minimum atomic E-state index is -1.05. The van der Waals surface area contributed by atoms with Crippen molar-refractivity contribution in [2.75, 3.05) is 6.54 Å². The van der Waals surface area contributed by atoms with Crippen LogP contribution in [-0.4, -0.2) is 44.4 Å². The third kappa shape index (κ3) is 3.75. The van der Waals surface area contributed by atoms with Crippen LogP contribution in [0.5, 0.6) is 0 Å². The molecule has 9 heteroatoms. The van der Waals surface area contributed by atoms with E-state index in [0.29, 0.717) is 23.6 Å². The van der Waals surface area contributed by atoms with Crippen LogP contribution < -0.4 is 5.23 Å². The Morgan fingerprint density at radius 3 is 2.61 bits per heavy atom. The molecule has 1 aromatic heterocycles. The number of carbonyl (C=O) groups is 2. The summed E-state index contributed by atoms with van der Waals surface area (Å²) < 4.78 is 0. The summed E-state index contributed by atoms with van der Waals surface area (Å²) in [5.74, 6) is -0.302. The fourth-order valence-corrected chi connectivity index (χ4v) is 5.58. The molecule has 3 atom stereocenters. The number of nitrogens with one attached hydrogen (secondary N) is 2. The molecule has 2 aliphatic heterocycles. The Hall–Kier alpha value is -3.69. The van der Waals surface area contributed by atoms with Crippen LogP contribution in [0.15, 0.2) is 72.8 Å². The van der Waals surface area contributed by atoms with E-state index in [-0.39, 0.29) is 24.0 Å². The lowest BCUT2D eigenvalue weighted by Gasteiger charge is -2.47. The Morgan fingerprint density at radius 1 is 1.06 bits per heavy atom. The van der Waals surface area contributed by atoms with Crippen LogP contribution in [-0.2, 0) is 22.6 Å². The second-order valence-corrected chi connectivity index (χ2v) is 9.67. The maximum Gasteiger partial charge on any atom is 0.246 e. The molecule has 3 heterocycles. The molecule has 0 aliphatic carbocycles. The molecule has 182 valence electrons. The molecule has 2 aliphatic rings. The smallest absolute Gasteiger partial charge is 0.246 e. The third-order valence-corrected chi connectivity index (χ3v) is 7.33. The Morgan fingerprint density at radius 2 is 1.83 bits per heavy atom. The van der Waals surface area contributed by atoms with Crippen molar-refractivity contribution in [2.45, 2.75) is 25.0 Å². The number of H-pyrrole nitrogens is 1. The highest BCUT2D eigenvalue weighted by Gasteiger charge is 2.48. The monoisotopic (exact) mass is 502 g/mol. The van der Waals surface area contributed by atoms with Crippen molar-refractivity contribution in [2.24, 2.45) is 0 Å². The van der Waals surface area contributed by atoms with E-state index in [0.717, 1.165) is 27.7 Å². The third-order valence-electron chi connectivity index (χ3n) is 7.08. The molecule has 36 heavy (non-hydrogen) atoms. The summed E-state index contributed by atoms with van der Waals surface area (Å²) in [5, 5.41) is 21.8. The van der Waals surface area contributed by atoms with Crippen LogP contribution in [0.25, 0.3) is 10.9 Å². The van der Waals surface area contributed by atoms with Crippen LogP contribution in [0.4, 0.5) is 5.69 Å². The molecule has 1 fully saturated rings. The van der Waals surface area contributed by atoms with Crippen molar-refractivity contribution in [3.63, 3.8) is 0 Å². The highest BCUT2D eigenvalue weighted by atomic mass is 35.5. The van der Waals surface area contributed by atoms with Crippen LogP contribution >= 0.6 is 11.6 Å². The first-order valence-electron chi connectivity index (χ1n) is 11.7. The molecular weight excluding hydrogens is 480 g/mol. The summed E-state index contributed by atoms with van der Waals surface area (Å²) in [6, 6.07) is 20.4. The van der Waals surface area contributed by atoms with Crippen molar-refractivity contribution in [3.05, 3.63) is 105 Å². The number of halogens is 1. The number of nitrogens with zero attached hydrogens (tertiary/aromatic N) is 2. The molecule has 3 N–H and O–H groups in total. The van der Waals surface area contributed by atoms with Crippen molar-refractivity contribution in [3.8, 4) is 0 Å². The summed E-state index contributed by atoms with van der Waals surface area (Å²) in [4.78, 5) is 34.1. The summed E-state index contributed by atoms with van der Waals surface area (Å²) in [5.41, 5.74) is 4.39. The number of para-hydroxylation sites is 1. The Kier molecular flexibility index (Phi) is 5.54. The molecule has 1 saturated heterocycles. The number of fused-ring (bicyclic) bond motifs is 4. The zero-order valence-electron chi connectivity index (χ0n) is 19.1. The number of carbonyl (C=O) groups excluding carboxylic acids is 2. The van der Waals surface area contributed by atoms with Gasteiger partial charge in [0.15, 0.2) is 5.69 Å². The second-order valence-electron chi connectivity index (χ2n) is 9.24. The zero-order valence-corrected chi connectivity index (χ0v) is 19.9. The maximum atomic E-state index is 13.8. The number of piperazine rings is 1. The van der Waals surface area contributed by atoms with Gasteiger partial charge >= 0.3 is 0 Å². The van der Waals surface area contributed by atoms with Crippen LogP contribution in [0.2, 0.25) is 5.02 Å². The molecule has 4 aromatic rings. The first-order valence-corrected chi connectivity index (χ1v) is 12.1. The SMILES string of the molecule is O=C1C2Cc3c([nH]c4ccccc34)C(c3cccc([NH+]([O-])O)c3)N2C(=O)CN1Cc1ccc(Cl)cc1. The molecule has 0 bridgehead atoms. The predicted molar refractivity (Wildman–Crippen MR) is 134 cm³/mol. The Balaban J connectivity index is 1.45. The van der Waals surface area contributed by atoms with Gasteiger partial charge in [-0.1, -0.05) is 54.1 Å². The van der Waals surface area contributed by atoms with E-state index >= 15 is 0 Å². The van der Waals surface area contributed by atoms with Crippen molar-refractivity contribution < 1.29 is 20.0 Å². The molecule has 0 saturated carbocycles. The quantitative estimate of drug-likeness (QED) is 0.373. The summed E-state index contributed by atoms with van der Waals surface area (Å²) >= 11 is 6.01. The summed E-state index contributed by atoms with van der Waals surface area (Å²) in [7, 11) is 0. The molecule has 2 amide bonds. The highest BCUT2D eigenvalue weighted by Crippen LogP contribution is 2.43. The fraction of sp³-hybridized carbons (Fsp3) is 0.185. The van der Waals surface area contributed by atoms with E-state index in [4.69, 9.17) is 11.6 Å². The van der Waals surface area contributed by atoms with E-state index in [1.165, 1.54) is 6.07 Å². The average molecular weight is 503 g/mol. The van der Waals surface area contributed by atoms with Crippen molar-refractivity contribution >= 4 is 40.0 Å². The lowest BCUT2D eigenvalue weighted by atomic mass is 9.86. The average Bonchev–Trinajstić information content (AvgIpc) is 3.25. The van der Waals surface area contributed by atoms with Crippen molar-refractivity contribution in [1.82, 2.24) is 14.8 Å². The maximum absolute atomic E-state index is 13.8. The fourth-order valence-electron chi connectivity index (χ4n) is 5.46. The summed E-state index contributed by atoms with van der Waals surface area (Å²) in [6.45, 7) is 0.259. The number of hydrogen-bond donors (Lipinski definition) is 3. The number of aromatic amines is 1. The molecule has 0 radical (unpaired) electrons. The standard InChI is InChI=1S/C27H23ClN4O4/c28-18-10-8-16(9-11-18)14-30-15-24(33)31-23(27(30)34)13-21-20-6-1-2-7-22(20)29-25(21)26(31)17-4-3-5-19(12-17)32(35)36/h1-12,23,26,29,32,35H,13-15H2. The first-order chi connectivity index (χ1) is 17.4. The van der Waals surface area contributed by atoms with E-state index < -0.39 is 17.3 Å². The van der Waals surface area contributed by atoms with Crippen molar-refractivity contribution in [1.29, 1.82) is 0 Å². The van der Waals surface area contributed by atoms with E-state index in [9.17, 15) is 20.0 Å². The number of rotatable bonds is 4. The second kappa shape index (κ2) is 8.76. The molecule has 3 aromatic carbocycles. The van der Waals surface area contributed by atoms with Gasteiger partial charge in [0.05, 0.1) is 6.04 Å². The van der Waals surface area contributed by atoms with Gasteiger partial charge in [0.25, 0.3) is 0 Å². The van der Waals surface area contributed by atoms with Gasteiger partial charge in [-0.25, -0.2) is 5.21 Å². The van der Waals surface area contributed by atoms with Gasteiger partial charge in [0, 0.05) is 46.7 Å². The van der Waals surface area contributed by atoms with Gasteiger partial charge in [-0.15, -0.1) is 0 Å². The normalized spacial score (nSPS) is 20.4. The van der Waals surface area contributed by atoms with Crippen LogP contribution in [0, 0.1) is 5.21 Å². The van der Waals surface area contributed by atoms with Gasteiger partial charge in [-0.3, -0.25) is 9.59 Å². The Labute approximate surface area is 211 Å². The molecule has 8 nitrogen and oxygen atoms in total. The van der Waals surface area contributed by atoms with Crippen LogP contribution in [0.1, 0.15) is 28.4 Å². The number of benzene rings is 3. The molecule has 0 spiro atoms. The van der Waals surface area contributed by atoms with E-state index in [1.54, 1.807) is 34.1 Å². The summed E-state index contributed by atoms with van der Waals surface area (Å²) in [6.07, 6.45) is 0.385. The van der Waals surface area contributed by atoms with Gasteiger partial charge < -0.3 is 20.0 Å². The first kappa shape index (κ1) is 22.8. The van der Waals surface area contributed by atoms with Gasteiger partial charge in [0.2, 0.25) is 11.8 Å². The lowest BCUT2D eigenvalue weighted by molar-refractivity contribution is -0.991. The number of aromatic nitrogens is 1. The number of hydrogen-bond acceptors (Lipinski definition) is 4. The predicted octanol–water partition coefficient (Wildman–Crippen LogP) is 3.11.